The molecule has 1 aliphatic rings. The van der Waals surface area contributed by atoms with E-state index in [1.54, 1.807) is 0 Å². The van der Waals surface area contributed by atoms with Crippen LogP contribution in [0.1, 0.15) is 18.1 Å². The molecule has 124 valence electrons. The van der Waals surface area contributed by atoms with E-state index in [-0.39, 0.29) is 6.17 Å². The maximum Gasteiger partial charge on any atom is 0.162 e. The Morgan fingerprint density at radius 1 is 0.760 bits per heavy atom. The summed E-state index contributed by atoms with van der Waals surface area (Å²) in [5.74, 6) is 0.975. The average Bonchev–Trinajstić information content (AvgIpc) is 3.01. The quantitative estimate of drug-likeness (QED) is 0.672. The number of amidine groups is 1. The number of anilines is 2. The molecule has 1 unspecified atom stereocenters. The lowest BCUT2D eigenvalue weighted by Gasteiger charge is -2.29. The van der Waals surface area contributed by atoms with Crippen molar-refractivity contribution in [2.24, 2.45) is 5.10 Å². The van der Waals surface area contributed by atoms with Gasteiger partial charge in [-0.05, 0) is 37.6 Å². The van der Waals surface area contributed by atoms with Gasteiger partial charge in [0, 0.05) is 11.3 Å². The minimum Gasteiger partial charge on any atom is -0.302 e. The lowest BCUT2D eigenvalue weighted by molar-refractivity contribution is 0.716. The molecule has 3 nitrogen and oxygen atoms in total. The van der Waals surface area contributed by atoms with Gasteiger partial charge in [0.25, 0.3) is 0 Å². The summed E-state index contributed by atoms with van der Waals surface area (Å²) in [5.41, 5.74) is 4.63. The normalized spacial score (nSPS) is 16.9. The summed E-state index contributed by atoms with van der Waals surface area (Å²) in [6, 6.07) is 29.2. The molecule has 1 heterocycles. The van der Waals surface area contributed by atoms with Crippen molar-refractivity contribution in [3.8, 4) is 0 Å². The van der Waals surface area contributed by atoms with E-state index in [1.807, 2.05) is 12.1 Å². The highest BCUT2D eigenvalue weighted by Crippen LogP contribution is 2.32. The van der Waals surface area contributed by atoms with E-state index >= 15 is 0 Å². The van der Waals surface area contributed by atoms with E-state index in [9.17, 15) is 0 Å². The highest BCUT2D eigenvalue weighted by atomic mass is 15.6. The molecule has 0 amide bonds. The number of para-hydroxylation sites is 2. The third-order valence-corrected chi connectivity index (χ3v) is 4.59. The molecule has 0 bridgehead atoms. The van der Waals surface area contributed by atoms with Crippen LogP contribution in [0, 0.1) is 6.92 Å². The van der Waals surface area contributed by atoms with Crippen LogP contribution in [0.15, 0.2) is 90.0 Å². The SMILES string of the molecule is Cc1ccccc1N1N=C(c2ccccc2)N(c2ccccc2)C1C. The van der Waals surface area contributed by atoms with Gasteiger partial charge in [-0.1, -0.05) is 66.7 Å². The Bertz CT molecular complexity index is 887. The van der Waals surface area contributed by atoms with Crippen LogP contribution in [0.3, 0.4) is 0 Å². The second-order valence-electron chi connectivity index (χ2n) is 6.26. The fourth-order valence-electron chi connectivity index (χ4n) is 3.31. The van der Waals surface area contributed by atoms with Crippen LogP contribution in [-0.2, 0) is 0 Å². The molecule has 3 aromatic carbocycles. The lowest BCUT2D eigenvalue weighted by atomic mass is 10.1. The smallest absolute Gasteiger partial charge is 0.162 e. The molecule has 1 aliphatic heterocycles. The monoisotopic (exact) mass is 327 g/mol. The van der Waals surface area contributed by atoms with Gasteiger partial charge in [0.15, 0.2) is 5.84 Å². The Labute approximate surface area is 148 Å². The molecular formula is C22H21N3. The van der Waals surface area contributed by atoms with Crippen molar-refractivity contribution in [3.63, 3.8) is 0 Å². The number of rotatable bonds is 3. The first-order valence-corrected chi connectivity index (χ1v) is 8.59. The van der Waals surface area contributed by atoms with E-state index in [4.69, 9.17) is 5.10 Å². The molecule has 0 aliphatic carbocycles. The van der Waals surface area contributed by atoms with Crippen LogP contribution < -0.4 is 9.91 Å². The molecule has 0 saturated carbocycles. The highest BCUT2D eigenvalue weighted by molar-refractivity contribution is 6.12. The molecule has 0 fully saturated rings. The first-order chi connectivity index (χ1) is 12.3. The molecular weight excluding hydrogens is 306 g/mol. The van der Waals surface area contributed by atoms with Crippen molar-refractivity contribution in [3.05, 3.63) is 96.1 Å². The number of hydrogen-bond donors (Lipinski definition) is 0. The predicted molar refractivity (Wildman–Crippen MR) is 105 cm³/mol. The summed E-state index contributed by atoms with van der Waals surface area (Å²) in [4.78, 5) is 2.29. The third kappa shape index (κ3) is 2.78. The number of aryl methyl sites for hydroxylation is 1. The van der Waals surface area contributed by atoms with Crippen LogP contribution in [0.5, 0.6) is 0 Å². The molecule has 0 aromatic heterocycles. The molecule has 4 rings (SSSR count). The van der Waals surface area contributed by atoms with E-state index in [0.29, 0.717) is 0 Å². The topological polar surface area (TPSA) is 18.8 Å². The highest BCUT2D eigenvalue weighted by Gasteiger charge is 2.33. The maximum atomic E-state index is 5.00. The van der Waals surface area contributed by atoms with Gasteiger partial charge < -0.3 is 4.90 Å². The Balaban J connectivity index is 1.84. The molecule has 0 radical (unpaired) electrons. The Morgan fingerprint density at radius 3 is 2.04 bits per heavy atom. The molecule has 0 N–H and O–H groups in total. The predicted octanol–water partition coefficient (Wildman–Crippen LogP) is 5.03. The minimum absolute atomic E-state index is 0.0960. The van der Waals surface area contributed by atoms with Crippen molar-refractivity contribution in [1.29, 1.82) is 0 Å². The Hall–Kier alpha value is -3.07. The minimum atomic E-state index is 0.0960. The third-order valence-electron chi connectivity index (χ3n) is 4.59. The summed E-state index contributed by atoms with van der Waals surface area (Å²) in [7, 11) is 0. The molecule has 3 heteroatoms. The first kappa shape index (κ1) is 15.5. The summed E-state index contributed by atoms with van der Waals surface area (Å²) in [6.07, 6.45) is 0.0960. The number of hydrogen-bond acceptors (Lipinski definition) is 3. The van der Waals surface area contributed by atoms with Crippen LogP contribution in [0.25, 0.3) is 0 Å². The Morgan fingerprint density at radius 2 is 1.36 bits per heavy atom. The number of hydrazone groups is 1. The van der Waals surface area contributed by atoms with Gasteiger partial charge in [-0.2, -0.15) is 5.10 Å². The second-order valence-corrected chi connectivity index (χ2v) is 6.26. The number of nitrogens with zero attached hydrogens (tertiary/aromatic N) is 3. The van der Waals surface area contributed by atoms with Gasteiger partial charge in [0.2, 0.25) is 0 Å². The standard InChI is InChI=1S/C22H21N3/c1-17-11-9-10-16-21(17)25-18(2)24(20-14-7-4-8-15-20)22(23-25)19-12-5-3-6-13-19/h3-16,18H,1-2H3. The fraction of sp³-hybridized carbons (Fsp3) is 0.136. The zero-order valence-electron chi connectivity index (χ0n) is 14.5. The van der Waals surface area contributed by atoms with Gasteiger partial charge in [-0.15, -0.1) is 0 Å². The number of benzene rings is 3. The molecule has 3 aromatic rings. The van der Waals surface area contributed by atoms with Gasteiger partial charge in [-0.25, -0.2) is 5.01 Å². The van der Waals surface area contributed by atoms with E-state index in [2.05, 4.69) is 96.6 Å². The molecule has 25 heavy (non-hydrogen) atoms. The van der Waals surface area contributed by atoms with Gasteiger partial charge in [0.05, 0.1) is 5.69 Å². The zero-order chi connectivity index (χ0) is 17.2. The zero-order valence-corrected chi connectivity index (χ0v) is 14.5. The molecule has 1 atom stereocenters. The van der Waals surface area contributed by atoms with Gasteiger partial charge in [-0.3, -0.25) is 0 Å². The maximum absolute atomic E-state index is 5.00. The lowest BCUT2D eigenvalue weighted by Crippen LogP contribution is -2.40. The van der Waals surface area contributed by atoms with Gasteiger partial charge >= 0.3 is 0 Å². The molecule has 0 saturated heterocycles. The van der Waals surface area contributed by atoms with Crippen molar-refractivity contribution >= 4 is 17.2 Å². The van der Waals surface area contributed by atoms with Crippen molar-refractivity contribution in [2.75, 3.05) is 9.91 Å². The average molecular weight is 327 g/mol. The van der Waals surface area contributed by atoms with Crippen LogP contribution in [0.2, 0.25) is 0 Å². The van der Waals surface area contributed by atoms with Crippen LogP contribution in [-0.4, -0.2) is 12.0 Å². The summed E-state index contributed by atoms with van der Waals surface area (Å²) in [5, 5.41) is 7.12. The second kappa shape index (κ2) is 6.44. The van der Waals surface area contributed by atoms with E-state index < -0.39 is 0 Å². The summed E-state index contributed by atoms with van der Waals surface area (Å²) in [6.45, 7) is 4.32. The summed E-state index contributed by atoms with van der Waals surface area (Å²) >= 11 is 0. The van der Waals surface area contributed by atoms with Gasteiger partial charge in [0.1, 0.15) is 6.17 Å². The van der Waals surface area contributed by atoms with Crippen molar-refractivity contribution in [2.45, 2.75) is 20.0 Å². The summed E-state index contributed by atoms with van der Waals surface area (Å²) < 4.78 is 0. The van der Waals surface area contributed by atoms with Crippen molar-refractivity contribution < 1.29 is 0 Å². The van der Waals surface area contributed by atoms with Crippen LogP contribution in [0.4, 0.5) is 11.4 Å². The Kier molecular flexibility index (Phi) is 3.98. The first-order valence-electron chi connectivity index (χ1n) is 8.59. The van der Waals surface area contributed by atoms with E-state index in [1.165, 1.54) is 5.56 Å². The largest absolute Gasteiger partial charge is 0.302 e. The van der Waals surface area contributed by atoms with Crippen LogP contribution >= 0.6 is 0 Å². The van der Waals surface area contributed by atoms with E-state index in [0.717, 1.165) is 22.8 Å². The van der Waals surface area contributed by atoms with Crippen molar-refractivity contribution in [1.82, 2.24) is 0 Å². The fourth-order valence-corrected chi connectivity index (χ4v) is 3.31. The molecule has 0 spiro atoms.